The molecule has 0 aromatic carbocycles. The normalized spacial score (nSPS) is 33.6. The maximum atomic E-state index is 5.39. The maximum absolute atomic E-state index is 5.39. The Kier molecular flexibility index (Phi) is 3.09. The SMILES string of the molecule is C=CCN1C(C)COCC1C. The van der Waals surface area contributed by atoms with Crippen molar-refractivity contribution in [3.63, 3.8) is 0 Å². The van der Waals surface area contributed by atoms with Crippen LogP contribution in [-0.2, 0) is 4.74 Å². The van der Waals surface area contributed by atoms with E-state index in [0.717, 1.165) is 19.8 Å². The Morgan fingerprint density at radius 1 is 1.45 bits per heavy atom. The summed E-state index contributed by atoms with van der Waals surface area (Å²) in [5, 5.41) is 0. The highest BCUT2D eigenvalue weighted by atomic mass is 16.5. The van der Waals surface area contributed by atoms with Gasteiger partial charge < -0.3 is 4.74 Å². The number of nitrogens with zero attached hydrogens (tertiary/aromatic N) is 1. The largest absolute Gasteiger partial charge is 0.378 e. The summed E-state index contributed by atoms with van der Waals surface area (Å²) in [5.41, 5.74) is 0. The molecule has 0 aromatic rings. The molecule has 0 N–H and O–H groups in total. The van der Waals surface area contributed by atoms with Crippen molar-refractivity contribution in [2.24, 2.45) is 0 Å². The van der Waals surface area contributed by atoms with Gasteiger partial charge in [0, 0.05) is 18.6 Å². The summed E-state index contributed by atoms with van der Waals surface area (Å²) in [5.74, 6) is 0. The zero-order valence-electron chi connectivity index (χ0n) is 7.42. The summed E-state index contributed by atoms with van der Waals surface area (Å²) in [6.45, 7) is 10.8. The first-order chi connectivity index (χ1) is 5.25. The van der Waals surface area contributed by atoms with E-state index >= 15 is 0 Å². The molecule has 1 rings (SSSR count). The summed E-state index contributed by atoms with van der Waals surface area (Å²) >= 11 is 0. The lowest BCUT2D eigenvalue weighted by Gasteiger charge is -2.37. The molecule has 1 heterocycles. The Morgan fingerprint density at radius 2 is 2.00 bits per heavy atom. The topological polar surface area (TPSA) is 12.5 Å². The number of hydrogen-bond donors (Lipinski definition) is 0. The van der Waals surface area contributed by atoms with Crippen LogP contribution in [0, 0.1) is 0 Å². The molecular weight excluding hydrogens is 138 g/mol. The van der Waals surface area contributed by atoms with Gasteiger partial charge in [0.15, 0.2) is 0 Å². The standard InChI is InChI=1S/C9H17NO/c1-4-5-10-8(2)6-11-7-9(10)3/h4,8-9H,1,5-7H2,2-3H3. The van der Waals surface area contributed by atoms with Crippen LogP contribution in [0.5, 0.6) is 0 Å². The molecule has 1 aliphatic heterocycles. The van der Waals surface area contributed by atoms with Crippen LogP contribution in [0.4, 0.5) is 0 Å². The fourth-order valence-corrected chi connectivity index (χ4v) is 1.54. The van der Waals surface area contributed by atoms with Gasteiger partial charge in [-0.3, -0.25) is 4.90 Å². The van der Waals surface area contributed by atoms with Gasteiger partial charge in [0.25, 0.3) is 0 Å². The lowest BCUT2D eigenvalue weighted by atomic mass is 10.2. The molecule has 0 aliphatic carbocycles. The predicted octanol–water partition coefficient (Wildman–Crippen LogP) is 1.28. The van der Waals surface area contributed by atoms with E-state index in [0.29, 0.717) is 12.1 Å². The van der Waals surface area contributed by atoms with Gasteiger partial charge >= 0.3 is 0 Å². The third kappa shape index (κ3) is 2.04. The monoisotopic (exact) mass is 155 g/mol. The van der Waals surface area contributed by atoms with Gasteiger partial charge in [-0.15, -0.1) is 6.58 Å². The summed E-state index contributed by atoms with van der Waals surface area (Å²) in [6.07, 6.45) is 1.96. The van der Waals surface area contributed by atoms with Gasteiger partial charge in [-0.25, -0.2) is 0 Å². The molecule has 64 valence electrons. The van der Waals surface area contributed by atoms with Crippen LogP contribution in [0.25, 0.3) is 0 Å². The average molecular weight is 155 g/mol. The zero-order chi connectivity index (χ0) is 8.27. The molecule has 2 atom stereocenters. The highest BCUT2D eigenvalue weighted by molar-refractivity contribution is 4.83. The van der Waals surface area contributed by atoms with Crippen LogP contribution in [-0.4, -0.2) is 36.7 Å². The summed E-state index contributed by atoms with van der Waals surface area (Å²) in [4.78, 5) is 2.41. The molecule has 2 unspecified atom stereocenters. The minimum Gasteiger partial charge on any atom is -0.378 e. The third-order valence-electron chi connectivity index (χ3n) is 2.19. The fourth-order valence-electron chi connectivity index (χ4n) is 1.54. The molecular formula is C9H17NO. The van der Waals surface area contributed by atoms with Gasteiger partial charge in [-0.1, -0.05) is 6.08 Å². The molecule has 0 amide bonds. The van der Waals surface area contributed by atoms with Crippen LogP contribution in [0.1, 0.15) is 13.8 Å². The molecule has 0 radical (unpaired) electrons. The van der Waals surface area contributed by atoms with Crippen LogP contribution < -0.4 is 0 Å². The first kappa shape index (κ1) is 8.75. The van der Waals surface area contributed by atoms with Gasteiger partial charge in [-0.2, -0.15) is 0 Å². The van der Waals surface area contributed by atoms with E-state index in [-0.39, 0.29) is 0 Å². The molecule has 0 aromatic heterocycles. The van der Waals surface area contributed by atoms with Crippen molar-refractivity contribution < 1.29 is 4.74 Å². The van der Waals surface area contributed by atoms with Gasteiger partial charge in [0.1, 0.15) is 0 Å². The first-order valence-corrected chi connectivity index (χ1v) is 4.20. The second-order valence-electron chi connectivity index (χ2n) is 3.22. The van der Waals surface area contributed by atoms with Crippen molar-refractivity contribution in [2.45, 2.75) is 25.9 Å². The summed E-state index contributed by atoms with van der Waals surface area (Å²) in [6, 6.07) is 1.08. The van der Waals surface area contributed by atoms with Crippen molar-refractivity contribution in [1.82, 2.24) is 4.90 Å². The Morgan fingerprint density at radius 3 is 2.45 bits per heavy atom. The minimum atomic E-state index is 0.539. The van der Waals surface area contributed by atoms with Crippen molar-refractivity contribution >= 4 is 0 Å². The number of morpholine rings is 1. The van der Waals surface area contributed by atoms with Crippen molar-refractivity contribution in [1.29, 1.82) is 0 Å². The zero-order valence-corrected chi connectivity index (χ0v) is 7.42. The highest BCUT2D eigenvalue weighted by Crippen LogP contribution is 2.11. The second kappa shape index (κ2) is 3.88. The van der Waals surface area contributed by atoms with E-state index in [1.54, 1.807) is 0 Å². The molecule has 0 spiro atoms. The first-order valence-electron chi connectivity index (χ1n) is 4.20. The minimum absolute atomic E-state index is 0.539. The van der Waals surface area contributed by atoms with Gasteiger partial charge in [0.05, 0.1) is 13.2 Å². The lowest BCUT2D eigenvalue weighted by molar-refractivity contribution is -0.0305. The number of ether oxygens (including phenoxy) is 1. The second-order valence-corrected chi connectivity index (χ2v) is 3.22. The summed E-state index contributed by atoms with van der Waals surface area (Å²) in [7, 11) is 0. The fraction of sp³-hybridized carbons (Fsp3) is 0.778. The van der Waals surface area contributed by atoms with Crippen molar-refractivity contribution in [2.75, 3.05) is 19.8 Å². The van der Waals surface area contributed by atoms with Crippen LogP contribution >= 0.6 is 0 Å². The van der Waals surface area contributed by atoms with Crippen LogP contribution in [0.15, 0.2) is 12.7 Å². The molecule has 1 aliphatic rings. The molecule has 2 nitrogen and oxygen atoms in total. The van der Waals surface area contributed by atoms with Gasteiger partial charge in [0.2, 0.25) is 0 Å². The van der Waals surface area contributed by atoms with Crippen molar-refractivity contribution in [3.8, 4) is 0 Å². The Bertz CT molecular complexity index is 126. The van der Waals surface area contributed by atoms with Gasteiger partial charge in [-0.05, 0) is 13.8 Å². The van der Waals surface area contributed by atoms with E-state index in [9.17, 15) is 0 Å². The number of hydrogen-bond acceptors (Lipinski definition) is 2. The molecule has 1 fully saturated rings. The Labute approximate surface area is 68.8 Å². The third-order valence-corrected chi connectivity index (χ3v) is 2.19. The maximum Gasteiger partial charge on any atom is 0.0620 e. The van der Waals surface area contributed by atoms with Crippen molar-refractivity contribution in [3.05, 3.63) is 12.7 Å². The van der Waals surface area contributed by atoms with E-state index in [1.165, 1.54) is 0 Å². The highest BCUT2D eigenvalue weighted by Gasteiger charge is 2.23. The molecule has 2 heteroatoms. The smallest absolute Gasteiger partial charge is 0.0620 e. The van der Waals surface area contributed by atoms with E-state index < -0.39 is 0 Å². The predicted molar refractivity (Wildman–Crippen MR) is 46.6 cm³/mol. The number of rotatable bonds is 2. The molecule has 11 heavy (non-hydrogen) atoms. The molecule has 1 saturated heterocycles. The Hall–Kier alpha value is -0.340. The van der Waals surface area contributed by atoms with E-state index in [4.69, 9.17) is 4.74 Å². The average Bonchev–Trinajstić information content (AvgIpc) is 1.97. The Balaban J connectivity index is 2.47. The van der Waals surface area contributed by atoms with E-state index in [1.807, 2.05) is 6.08 Å². The quantitative estimate of drug-likeness (QED) is 0.557. The van der Waals surface area contributed by atoms with Crippen LogP contribution in [0.2, 0.25) is 0 Å². The van der Waals surface area contributed by atoms with E-state index in [2.05, 4.69) is 25.3 Å². The lowest BCUT2D eigenvalue weighted by Crippen LogP contribution is -2.49. The summed E-state index contributed by atoms with van der Waals surface area (Å²) < 4.78 is 5.39. The van der Waals surface area contributed by atoms with Crippen LogP contribution in [0.3, 0.4) is 0 Å². The molecule has 0 bridgehead atoms. The molecule has 0 saturated carbocycles.